The number of likely N-dealkylation sites (tertiary alicyclic amines) is 1. The molecule has 1 aliphatic heterocycles. The maximum Gasteiger partial charge on any atom is 0.410 e. The molecule has 1 fully saturated rings. The first-order chi connectivity index (χ1) is 19.0. The lowest BCUT2D eigenvalue weighted by Crippen LogP contribution is -2.37. The minimum Gasteiger partial charge on any atom is -0.494 e. The van der Waals surface area contributed by atoms with E-state index in [1.807, 2.05) is 20.8 Å². The highest BCUT2D eigenvalue weighted by Crippen LogP contribution is 2.39. The van der Waals surface area contributed by atoms with Crippen molar-refractivity contribution in [2.45, 2.75) is 51.6 Å². The van der Waals surface area contributed by atoms with Crippen molar-refractivity contribution in [3.63, 3.8) is 0 Å². The molecule has 1 aromatic heterocycles. The van der Waals surface area contributed by atoms with Crippen molar-refractivity contribution >= 4 is 6.09 Å². The first kappa shape index (κ1) is 28.5. The summed E-state index contributed by atoms with van der Waals surface area (Å²) in [6.45, 7) is 6.46. The Bertz CT molecular complexity index is 1520. The molecule has 1 unspecified atom stereocenters. The van der Waals surface area contributed by atoms with Crippen molar-refractivity contribution in [1.82, 2.24) is 9.88 Å². The standard InChI is InChI=1S/C31H30F2N4O3/c1-31(2,3)40-30(38)37-12-5-6-19(11-13-37)26-16-23(18-35)28(20-9-10-27(39-4)25(33)14-20)29(36-26)21-7-8-22(17-34)24(32)15-21/h7-10,14-16,19H,5-6,11-13H2,1-4H3. The summed E-state index contributed by atoms with van der Waals surface area (Å²) >= 11 is 0. The Balaban J connectivity index is 1.80. The van der Waals surface area contributed by atoms with E-state index in [-0.39, 0.29) is 28.9 Å². The second-order valence-corrected chi connectivity index (χ2v) is 10.7. The van der Waals surface area contributed by atoms with E-state index in [0.29, 0.717) is 54.0 Å². The molecule has 0 aliphatic carbocycles. The van der Waals surface area contributed by atoms with Gasteiger partial charge < -0.3 is 14.4 Å². The number of hydrogen-bond acceptors (Lipinski definition) is 6. The fraction of sp³-hybridized carbons (Fsp3) is 0.355. The zero-order chi connectivity index (χ0) is 29.0. The number of nitrogens with zero attached hydrogens (tertiary/aromatic N) is 4. The molecular formula is C31H30F2N4O3. The van der Waals surface area contributed by atoms with Crippen LogP contribution in [0, 0.1) is 34.3 Å². The van der Waals surface area contributed by atoms with E-state index >= 15 is 0 Å². The van der Waals surface area contributed by atoms with Crippen LogP contribution in [0.5, 0.6) is 5.75 Å². The minimum absolute atomic E-state index is 0.0470. The maximum atomic E-state index is 14.7. The van der Waals surface area contributed by atoms with E-state index in [1.165, 1.54) is 31.4 Å². The van der Waals surface area contributed by atoms with E-state index in [4.69, 9.17) is 14.5 Å². The van der Waals surface area contributed by atoms with Crippen LogP contribution in [0.4, 0.5) is 13.6 Å². The van der Waals surface area contributed by atoms with Crippen LogP contribution in [-0.4, -0.2) is 41.8 Å². The van der Waals surface area contributed by atoms with E-state index in [9.17, 15) is 24.1 Å². The summed E-state index contributed by atoms with van der Waals surface area (Å²) in [5, 5.41) is 19.4. The highest BCUT2D eigenvalue weighted by molar-refractivity contribution is 5.85. The lowest BCUT2D eigenvalue weighted by Gasteiger charge is -2.26. The minimum atomic E-state index is -0.722. The Hall–Kier alpha value is -4.50. The van der Waals surface area contributed by atoms with Crippen LogP contribution in [0.2, 0.25) is 0 Å². The number of carbonyl (C=O) groups excluding carboxylic acids is 1. The third-order valence-electron chi connectivity index (χ3n) is 6.76. The largest absolute Gasteiger partial charge is 0.494 e. The van der Waals surface area contributed by atoms with Gasteiger partial charge in [0, 0.05) is 35.8 Å². The molecule has 4 rings (SSSR count). The predicted molar refractivity (Wildman–Crippen MR) is 145 cm³/mol. The van der Waals surface area contributed by atoms with Crippen LogP contribution < -0.4 is 4.74 Å². The fourth-order valence-electron chi connectivity index (χ4n) is 4.84. The molecule has 1 amide bonds. The maximum absolute atomic E-state index is 14.7. The van der Waals surface area contributed by atoms with Crippen molar-refractivity contribution in [2.24, 2.45) is 0 Å². The van der Waals surface area contributed by atoms with Gasteiger partial charge in [-0.1, -0.05) is 12.1 Å². The molecule has 3 aromatic rings. The van der Waals surface area contributed by atoms with Crippen LogP contribution in [0.15, 0.2) is 42.5 Å². The number of carbonyl (C=O) groups is 1. The number of methoxy groups -OCH3 is 1. The van der Waals surface area contributed by atoms with Gasteiger partial charge in [-0.05, 0) is 75.9 Å². The Morgan fingerprint density at radius 1 is 0.975 bits per heavy atom. The number of ether oxygens (including phenoxy) is 2. The summed E-state index contributed by atoms with van der Waals surface area (Å²) in [5.74, 6) is -1.37. The zero-order valence-corrected chi connectivity index (χ0v) is 22.9. The van der Waals surface area contributed by atoms with Gasteiger partial charge in [0.1, 0.15) is 17.5 Å². The van der Waals surface area contributed by atoms with Gasteiger partial charge >= 0.3 is 6.09 Å². The van der Waals surface area contributed by atoms with Crippen LogP contribution in [0.1, 0.15) is 62.8 Å². The second-order valence-electron chi connectivity index (χ2n) is 10.7. The Morgan fingerprint density at radius 3 is 2.30 bits per heavy atom. The number of rotatable bonds is 4. The van der Waals surface area contributed by atoms with Crippen molar-refractivity contribution in [3.8, 4) is 40.3 Å². The zero-order valence-electron chi connectivity index (χ0n) is 22.9. The van der Waals surface area contributed by atoms with Gasteiger partial charge in [-0.15, -0.1) is 0 Å². The Kier molecular flexibility index (Phi) is 8.35. The first-order valence-electron chi connectivity index (χ1n) is 13.0. The average Bonchev–Trinajstić information content (AvgIpc) is 3.18. The van der Waals surface area contributed by atoms with Crippen LogP contribution in [0.3, 0.4) is 0 Å². The number of hydrogen-bond donors (Lipinski definition) is 0. The van der Waals surface area contributed by atoms with Gasteiger partial charge in [0.15, 0.2) is 11.6 Å². The third kappa shape index (κ3) is 6.21. The quantitative estimate of drug-likeness (QED) is 0.352. The van der Waals surface area contributed by atoms with Gasteiger partial charge in [0.2, 0.25) is 0 Å². The molecule has 7 nitrogen and oxygen atoms in total. The third-order valence-corrected chi connectivity index (χ3v) is 6.76. The summed E-state index contributed by atoms with van der Waals surface area (Å²) in [4.78, 5) is 19.2. The van der Waals surface area contributed by atoms with E-state index in [2.05, 4.69) is 6.07 Å². The lowest BCUT2D eigenvalue weighted by atomic mass is 9.90. The summed E-state index contributed by atoms with van der Waals surface area (Å²) < 4.78 is 40.0. The SMILES string of the molecule is COc1ccc(-c2c(C#N)cc(C3CCCN(C(=O)OC(C)(C)C)CC3)nc2-c2ccc(C#N)c(F)c2)cc1F. The molecule has 1 aliphatic rings. The Morgan fingerprint density at radius 2 is 1.68 bits per heavy atom. The molecular weight excluding hydrogens is 514 g/mol. The molecule has 1 atom stereocenters. The fourth-order valence-corrected chi connectivity index (χ4v) is 4.84. The number of amides is 1. The number of nitriles is 2. The smallest absolute Gasteiger partial charge is 0.410 e. The normalized spacial score (nSPS) is 15.5. The molecule has 0 radical (unpaired) electrons. The molecule has 40 heavy (non-hydrogen) atoms. The van der Waals surface area contributed by atoms with Gasteiger partial charge in [-0.3, -0.25) is 4.98 Å². The van der Waals surface area contributed by atoms with E-state index in [0.717, 1.165) is 6.42 Å². The highest BCUT2D eigenvalue weighted by atomic mass is 19.1. The van der Waals surface area contributed by atoms with Crippen molar-refractivity contribution in [1.29, 1.82) is 10.5 Å². The molecule has 0 saturated carbocycles. The summed E-state index contributed by atoms with van der Waals surface area (Å²) in [7, 11) is 1.36. The van der Waals surface area contributed by atoms with Crippen LogP contribution in [0.25, 0.3) is 22.4 Å². The topological polar surface area (TPSA) is 99.2 Å². The van der Waals surface area contributed by atoms with Crippen molar-refractivity contribution in [2.75, 3.05) is 20.2 Å². The van der Waals surface area contributed by atoms with Crippen molar-refractivity contribution < 1.29 is 23.0 Å². The Labute approximate surface area is 232 Å². The monoisotopic (exact) mass is 544 g/mol. The molecule has 2 aromatic carbocycles. The number of benzene rings is 2. The molecule has 9 heteroatoms. The summed E-state index contributed by atoms with van der Waals surface area (Å²) in [6, 6.07) is 14.2. The molecule has 1 saturated heterocycles. The van der Waals surface area contributed by atoms with Gasteiger partial charge in [0.05, 0.1) is 30.0 Å². The van der Waals surface area contributed by atoms with E-state index < -0.39 is 17.2 Å². The van der Waals surface area contributed by atoms with E-state index in [1.54, 1.807) is 29.2 Å². The first-order valence-corrected chi connectivity index (χ1v) is 13.0. The lowest BCUT2D eigenvalue weighted by molar-refractivity contribution is 0.0256. The molecule has 0 spiro atoms. The predicted octanol–water partition coefficient (Wildman–Crippen LogP) is 6.95. The molecule has 2 heterocycles. The molecule has 206 valence electrons. The van der Waals surface area contributed by atoms with Crippen molar-refractivity contribution in [3.05, 3.63) is 70.9 Å². The van der Waals surface area contributed by atoms with Gasteiger partial charge in [-0.25, -0.2) is 13.6 Å². The average molecular weight is 545 g/mol. The second kappa shape index (κ2) is 11.7. The molecule has 0 N–H and O–H groups in total. The summed E-state index contributed by atoms with van der Waals surface area (Å²) in [5.41, 5.74) is 1.53. The van der Waals surface area contributed by atoms with Crippen LogP contribution >= 0.6 is 0 Å². The number of halogens is 2. The van der Waals surface area contributed by atoms with Gasteiger partial charge in [0.25, 0.3) is 0 Å². The van der Waals surface area contributed by atoms with Crippen LogP contribution in [-0.2, 0) is 4.74 Å². The number of pyridine rings is 1. The number of aromatic nitrogens is 1. The highest BCUT2D eigenvalue weighted by Gasteiger charge is 2.28. The van der Waals surface area contributed by atoms with Gasteiger partial charge in [-0.2, -0.15) is 10.5 Å². The summed E-state index contributed by atoms with van der Waals surface area (Å²) in [6.07, 6.45) is 1.65. The molecule has 0 bridgehead atoms.